The summed E-state index contributed by atoms with van der Waals surface area (Å²) in [5.74, 6) is -1.42. The average Bonchev–Trinajstić information content (AvgIpc) is 2.71. The molecule has 0 amide bonds. The van der Waals surface area contributed by atoms with E-state index in [0.29, 0.717) is 25.9 Å². The molecule has 18 heavy (non-hydrogen) atoms. The summed E-state index contributed by atoms with van der Waals surface area (Å²) in [6.07, 6.45) is 1.57. The van der Waals surface area contributed by atoms with Gasteiger partial charge in [0.15, 0.2) is 0 Å². The second kappa shape index (κ2) is 5.98. The Morgan fingerprint density at radius 2 is 2.11 bits per heavy atom. The molecule has 1 aliphatic rings. The molecule has 0 radical (unpaired) electrons. The quantitative estimate of drug-likeness (QED) is 0.550. The number of hydrogen-bond acceptors (Lipinski definition) is 5. The van der Waals surface area contributed by atoms with E-state index in [1.54, 1.807) is 13.8 Å². The minimum Gasteiger partial charge on any atom is -0.468 e. The molecule has 0 heterocycles. The molecule has 1 rings (SSSR count). The first kappa shape index (κ1) is 14.7. The SMILES string of the molecule is CCOC(=O)C[C@@H](C)[C@]1(C(=O)OC)CCCC1=O. The van der Waals surface area contributed by atoms with Gasteiger partial charge in [-0.05, 0) is 25.7 Å². The van der Waals surface area contributed by atoms with E-state index in [0.717, 1.165) is 0 Å². The van der Waals surface area contributed by atoms with Gasteiger partial charge in [-0.2, -0.15) is 0 Å². The topological polar surface area (TPSA) is 69.7 Å². The highest BCUT2D eigenvalue weighted by Gasteiger charge is 2.53. The summed E-state index contributed by atoms with van der Waals surface area (Å²) in [6, 6.07) is 0. The largest absolute Gasteiger partial charge is 0.468 e. The third-order valence-corrected chi connectivity index (χ3v) is 3.64. The summed E-state index contributed by atoms with van der Waals surface area (Å²) >= 11 is 0. The second-order valence-corrected chi connectivity index (χ2v) is 4.65. The second-order valence-electron chi connectivity index (χ2n) is 4.65. The summed E-state index contributed by atoms with van der Waals surface area (Å²) in [7, 11) is 1.27. The van der Waals surface area contributed by atoms with Gasteiger partial charge < -0.3 is 9.47 Å². The van der Waals surface area contributed by atoms with Gasteiger partial charge in [0.05, 0.1) is 13.7 Å². The zero-order valence-electron chi connectivity index (χ0n) is 11.2. The normalized spacial score (nSPS) is 24.7. The minimum absolute atomic E-state index is 0.0642. The Morgan fingerprint density at radius 3 is 2.56 bits per heavy atom. The van der Waals surface area contributed by atoms with Crippen molar-refractivity contribution in [3.63, 3.8) is 0 Å². The van der Waals surface area contributed by atoms with Gasteiger partial charge in [-0.3, -0.25) is 14.4 Å². The zero-order chi connectivity index (χ0) is 13.8. The first-order chi connectivity index (χ1) is 8.48. The van der Waals surface area contributed by atoms with Crippen LogP contribution in [0, 0.1) is 11.3 Å². The lowest BCUT2D eigenvalue weighted by Gasteiger charge is -2.30. The smallest absolute Gasteiger partial charge is 0.319 e. The maximum atomic E-state index is 12.0. The van der Waals surface area contributed by atoms with E-state index in [4.69, 9.17) is 9.47 Å². The molecule has 1 aliphatic carbocycles. The van der Waals surface area contributed by atoms with Gasteiger partial charge in [0, 0.05) is 12.8 Å². The molecule has 0 N–H and O–H groups in total. The highest BCUT2D eigenvalue weighted by Crippen LogP contribution is 2.44. The molecule has 0 bridgehead atoms. The lowest BCUT2D eigenvalue weighted by Crippen LogP contribution is -2.43. The van der Waals surface area contributed by atoms with E-state index in [1.807, 2.05) is 0 Å². The van der Waals surface area contributed by atoms with Crippen molar-refractivity contribution in [3.05, 3.63) is 0 Å². The van der Waals surface area contributed by atoms with E-state index in [2.05, 4.69) is 0 Å². The van der Waals surface area contributed by atoms with Crippen molar-refractivity contribution in [1.29, 1.82) is 0 Å². The van der Waals surface area contributed by atoms with E-state index in [9.17, 15) is 14.4 Å². The number of hydrogen-bond donors (Lipinski definition) is 0. The van der Waals surface area contributed by atoms with E-state index < -0.39 is 11.4 Å². The van der Waals surface area contributed by atoms with Crippen LogP contribution in [-0.4, -0.2) is 31.4 Å². The summed E-state index contributed by atoms with van der Waals surface area (Å²) in [6.45, 7) is 3.75. The Hall–Kier alpha value is -1.39. The fourth-order valence-electron chi connectivity index (χ4n) is 2.65. The molecular weight excluding hydrogens is 236 g/mol. The molecule has 0 aromatic rings. The summed E-state index contributed by atoms with van der Waals surface area (Å²) in [4.78, 5) is 35.4. The monoisotopic (exact) mass is 256 g/mol. The number of esters is 2. The first-order valence-electron chi connectivity index (χ1n) is 6.26. The van der Waals surface area contributed by atoms with Crippen LogP contribution in [0.3, 0.4) is 0 Å². The van der Waals surface area contributed by atoms with Gasteiger partial charge in [-0.25, -0.2) is 0 Å². The molecule has 0 spiro atoms. The van der Waals surface area contributed by atoms with Crippen LogP contribution in [0.15, 0.2) is 0 Å². The molecule has 0 aromatic carbocycles. The molecule has 1 saturated carbocycles. The molecule has 2 atom stereocenters. The predicted octanol–water partition coefficient (Wildman–Crippen LogP) is 1.49. The fourth-order valence-corrected chi connectivity index (χ4v) is 2.65. The van der Waals surface area contributed by atoms with Crippen LogP contribution in [0.2, 0.25) is 0 Å². The Morgan fingerprint density at radius 1 is 1.44 bits per heavy atom. The van der Waals surface area contributed by atoms with Crippen LogP contribution in [0.4, 0.5) is 0 Å². The number of carbonyl (C=O) groups is 3. The Labute approximate surface area is 107 Å². The number of methoxy groups -OCH3 is 1. The summed E-state index contributed by atoms with van der Waals surface area (Å²) < 4.78 is 9.62. The van der Waals surface area contributed by atoms with E-state index >= 15 is 0 Å². The number of ether oxygens (including phenoxy) is 2. The lowest BCUT2D eigenvalue weighted by molar-refractivity contribution is -0.161. The number of rotatable bonds is 5. The van der Waals surface area contributed by atoms with Crippen molar-refractivity contribution in [2.24, 2.45) is 11.3 Å². The highest BCUT2D eigenvalue weighted by molar-refractivity contribution is 6.05. The molecule has 0 aliphatic heterocycles. The van der Waals surface area contributed by atoms with Crippen LogP contribution >= 0.6 is 0 Å². The van der Waals surface area contributed by atoms with Crippen molar-refractivity contribution < 1.29 is 23.9 Å². The molecule has 1 fully saturated rings. The maximum Gasteiger partial charge on any atom is 0.319 e. The molecule has 0 aromatic heterocycles. The van der Waals surface area contributed by atoms with Gasteiger partial charge in [0.1, 0.15) is 11.2 Å². The molecular formula is C13H20O5. The van der Waals surface area contributed by atoms with Crippen LogP contribution in [0.1, 0.15) is 39.5 Å². The Balaban J connectivity index is 2.87. The van der Waals surface area contributed by atoms with Gasteiger partial charge in [-0.15, -0.1) is 0 Å². The van der Waals surface area contributed by atoms with Crippen LogP contribution in [0.25, 0.3) is 0 Å². The molecule has 0 unspecified atom stereocenters. The van der Waals surface area contributed by atoms with Gasteiger partial charge in [0.25, 0.3) is 0 Å². The van der Waals surface area contributed by atoms with Crippen LogP contribution < -0.4 is 0 Å². The Kier molecular flexibility index (Phi) is 4.87. The van der Waals surface area contributed by atoms with Crippen molar-refractivity contribution in [3.8, 4) is 0 Å². The molecule has 0 saturated heterocycles. The van der Waals surface area contributed by atoms with Crippen molar-refractivity contribution >= 4 is 17.7 Å². The summed E-state index contributed by atoms with van der Waals surface area (Å²) in [5, 5.41) is 0. The molecule has 102 valence electrons. The minimum atomic E-state index is -1.15. The van der Waals surface area contributed by atoms with E-state index in [-0.39, 0.29) is 24.1 Å². The van der Waals surface area contributed by atoms with Crippen molar-refractivity contribution in [2.45, 2.75) is 39.5 Å². The predicted molar refractivity (Wildman–Crippen MR) is 63.7 cm³/mol. The zero-order valence-corrected chi connectivity index (χ0v) is 11.2. The third kappa shape index (κ3) is 2.54. The molecule has 5 heteroatoms. The maximum absolute atomic E-state index is 12.0. The number of Topliss-reactive ketones (excluding diaryl/α,β-unsaturated/α-hetero) is 1. The van der Waals surface area contributed by atoms with E-state index in [1.165, 1.54) is 7.11 Å². The van der Waals surface area contributed by atoms with Gasteiger partial charge in [-0.1, -0.05) is 6.92 Å². The van der Waals surface area contributed by atoms with Crippen molar-refractivity contribution in [2.75, 3.05) is 13.7 Å². The molecule has 5 nitrogen and oxygen atoms in total. The third-order valence-electron chi connectivity index (χ3n) is 3.64. The van der Waals surface area contributed by atoms with Crippen LogP contribution in [0.5, 0.6) is 0 Å². The van der Waals surface area contributed by atoms with Gasteiger partial charge >= 0.3 is 11.9 Å². The fraction of sp³-hybridized carbons (Fsp3) is 0.769. The number of ketones is 1. The van der Waals surface area contributed by atoms with Crippen molar-refractivity contribution in [1.82, 2.24) is 0 Å². The lowest BCUT2D eigenvalue weighted by atomic mass is 9.72. The summed E-state index contributed by atoms with van der Waals surface area (Å²) in [5.41, 5.74) is -1.15. The Bertz CT molecular complexity index is 349. The standard InChI is InChI=1S/C13H20O5/c1-4-18-11(15)8-9(2)13(12(16)17-3)7-5-6-10(13)14/h9H,4-8H2,1-3H3/t9-,13-/m1/s1. The first-order valence-corrected chi connectivity index (χ1v) is 6.26. The van der Waals surface area contributed by atoms with Crippen LogP contribution in [-0.2, 0) is 23.9 Å². The number of carbonyl (C=O) groups excluding carboxylic acids is 3. The highest BCUT2D eigenvalue weighted by atomic mass is 16.5. The average molecular weight is 256 g/mol. The van der Waals surface area contributed by atoms with Gasteiger partial charge in [0.2, 0.25) is 0 Å².